The highest BCUT2D eigenvalue weighted by atomic mass is 19.1. The van der Waals surface area contributed by atoms with Crippen molar-refractivity contribution in [3.8, 4) is 11.5 Å². The minimum Gasteiger partial charge on any atom is -0.486 e. The number of carbonyl (C=O) groups excluding carboxylic acids is 1. The van der Waals surface area contributed by atoms with Gasteiger partial charge in [-0.15, -0.1) is 0 Å². The smallest absolute Gasteiger partial charge is 0.237 e. The average Bonchev–Trinajstić information content (AvgIpc) is 2.86. The van der Waals surface area contributed by atoms with Crippen molar-refractivity contribution >= 4 is 17.4 Å². The van der Waals surface area contributed by atoms with Crippen LogP contribution >= 0.6 is 0 Å². The molecule has 4 heterocycles. The van der Waals surface area contributed by atoms with Crippen LogP contribution in [0.1, 0.15) is 25.8 Å². The van der Waals surface area contributed by atoms with Gasteiger partial charge in [0.05, 0.1) is 18.9 Å². The molecule has 1 aromatic heterocycles. The molecular weight excluding hydrogens is 437 g/mol. The van der Waals surface area contributed by atoms with Crippen molar-refractivity contribution in [2.24, 2.45) is 0 Å². The molecule has 2 atom stereocenters. The fourth-order valence-electron chi connectivity index (χ4n) is 4.96. The summed E-state index contributed by atoms with van der Waals surface area (Å²) in [5.74, 6) is 1.80. The molecule has 3 aliphatic heterocycles. The van der Waals surface area contributed by atoms with Crippen LogP contribution in [0.25, 0.3) is 5.57 Å². The number of amides is 1. The van der Waals surface area contributed by atoms with Crippen LogP contribution in [0.4, 0.5) is 10.3 Å². The van der Waals surface area contributed by atoms with E-state index in [-0.39, 0.29) is 18.0 Å². The fourth-order valence-corrected chi connectivity index (χ4v) is 4.96. The number of nitrogens with zero attached hydrogens (tertiary/aromatic N) is 5. The van der Waals surface area contributed by atoms with Gasteiger partial charge in [-0.05, 0) is 43.5 Å². The van der Waals surface area contributed by atoms with Crippen molar-refractivity contribution in [3.63, 3.8) is 0 Å². The summed E-state index contributed by atoms with van der Waals surface area (Å²) < 4.78 is 24.5. The van der Waals surface area contributed by atoms with E-state index in [9.17, 15) is 9.18 Å². The summed E-state index contributed by atoms with van der Waals surface area (Å²) in [5.41, 5.74) is 2.35. The van der Waals surface area contributed by atoms with E-state index in [1.54, 1.807) is 0 Å². The first-order valence-electron chi connectivity index (χ1n) is 11.8. The highest BCUT2D eigenvalue weighted by Crippen LogP contribution is 2.34. The van der Waals surface area contributed by atoms with Crippen LogP contribution in [0.3, 0.4) is 0 Å². The first-order valence-corrected chi connectivity index (χ1v) is 11.8. The monoisotopic (exact) mass is 467 g/mol. The maximum absolute atomic E-state index is 13.2. The zero-order chi connectivity index (χ0) is 23.7. The summed E-state index contributed by atoms with van der Waals surface area (Å²) in [5, 5.41) is 0. The number of fused-ring (bicyclic) bond motifs is 1. The molecule has 1 saturated heterocycles. The molecular formula is C25H30FN5O3. The number of aromatic nitrogens is 2. The Morgan fingerprint density at radius 2 is 1.79 bits per heavy atom. The second-order valence-corrected chi connectivity index (χ2v) is 9.15. The third-order valence-corrected chi connectivity index (χ3v) is 6.78. The van der Waals surface area contributed by atoms with E-state index >= 15 is 0 Å². The molecule has 5 rings (SSSR count). The molecule has 0 unspecified atom stereocenters. The van der Waals surface area contributed by atoms with Gasteiger partial charge < -0.3 is 19.3 Å². The first-order chi connectivity index (χ1) is 16.5. The van der Waals surface area contributed by atoms with E-state index in [0.29, 0.717) is 51.9 Å². The molecule has 0 radical (unpaired) electrons. The maximum atomic E-state index is 13.2. The second-order valence-electron chi connectivity index (χ2n) is 9.15. The number of anilines is 1. The molecule has 0 aliphatic carbocycles. The summed E-state index contributed by atoms with van der Waals surface area (Å²) in [6, 6.07) is 6.35. The largest absolute Gasteiger partial charge is 0.486 e. The van der Waals surface area contributed by atoms with Crippen LogP contribution in [-0.2, 0) is 4.79 Å². The number of rotatable bonds is 4. The molecule has 1 amide bonds. The Bertz CT molecular complexity index is 1060. The lowest BCUT2D eigenvalue weighted by Crippen LogP contribution is -2.59. The van der Waals surface area contributed by atoms with Crippen molar-refractivity contribution in [2.75, 3.05) is 50.8 Å². The van der Waals surface area contributed by atoms with Gasteiger partial charge >= 0.3 is 0 Å². The van der Waals surface area contributed by atoms with Gasteiger partial charge in [-0.3, -0.25) is 9.69 Å². The second kappa shape index (κ2) is 9.58. The van der Waals surface area contributed by atoms with Crippen molar-refractivity contribution in [1.29, 1.82) is 0 Å². The van der Waals surface area contributed by atoms with Gasteiger partial charge in [0.15, 0.2) is 17.3 Å². The number of hydrogen-bond donors (Lipinski definition) is 0. The van der Waals surface area contributed by atoms with E-state index in [2.05, 4.69) is 45.8 Å². The molecule has 8 nitrogen and oxygen atoms in total. The highest BCUT2D eigenvalue weighted by Gasteiger charge is 2.33. The Labute approximate surface area is 199 Å². The summed E-state index contributed by atoms with van der Waals surface area (Å²) >= 11 is 0. The quantitative estimate of drug-likeness (QED) is 0.685. The molecule has 180 valence electrons. The third-order valence-electron chi connectivity index (χ3n) is 6.78. The van der Waals surface area contributed by atoms with E-state index < -0.39 is 5.82 Å². The van der Waals surface area contributed by atoms with E-state index in [0.717, 1.165) is 23.5 Å². The van der Waals surface area contributed by atoms with Crippen LogP contribution in [0.2, 0.25) is 0 Å². The van der Waals surface area contributed by atoms with E-state index in [4.69, 9.17) is 9.47 Å². The Hall–Kier alpha value is -3.20. The van der Waals surface area contributed by atoms with Crippen LogP contribution in [0.15, 0.2) is 36.7 Å². The van der Waals surface area contributed by atoms with Gasteiger partial charge in [0.1, 0.15) is 13.2 Å². The number of hydrogen-bond acceptors (Lipinski definition) is 7. The Morgan fingerprint density at radius 3 is 2.47 bits per heavy atom. The zero-order valence-corrected chi connectivity index (χ0v) is 19.6. The molecule has 0 N–H and O–H groups in total. The zero-order valence-electron chi connectivity index (χ0n) is 19.6. The SMILES string of the molecule is C[C@@H]1CN(c2ncc(F)cn2)C[C@H](C)N1CC(=O)N1CC=C(c2ccc3c(c2)OCCO3)CC1. The van der Waals surface area contributed by atoms with Crippen molar-refractivity contribution in [1.82, 2.24) is 19.8 Å². The first kappa shape index (κ1) is 22.6. The summed E-state index contributed by atoms with van der Waals surface area (Å²) in [7, 11) is 0. The molecule has 0 bridgehead atoms. The van der Waals surface area contributed by atoms with Crippen molar-refractivity contribution < 1.29 is 18.7 Å². The Morgan fingerprint density at radius 1 is 1.09 bits per heavy atom. The standard InChI is InChI=1S/C25H30FN5O3/c1-17-14-30(25-27-12-21(26)13-28-25)15-18(2)31(17)16-24(32)29-7-5-19(6-8-29)20-3-4-22-23(11-20)34-10-9-33-22/h3-5,11-13,17-18H,6-10,14-16H2,1-2H3/t17-,18+. The molecule has 0 saturated carbocycles. The average molecular weight is 468 g/mol. The van der Waals surface area contributed by atoms with Gasteiger partial charge in [-0.1, -0.05) is 12.1 Å². The molecule has 9 heteroatoms. The lowest BCUT2D eigenvalue weighted by atomic mass is 9.98. The Kier molecular flexibility index (Phi) is 6.36. The molecule has 1 fully saturated rings. The predicted molar refractivity (Wildman–Crippen MR) is 126 cm³/mol. The summed E-state index contributed by atoms with van der Waals surface area (Å²) in [6.07, 6.45) is 5.34. The van der Waals surface area contributed by atoms with Crippen LogP contribution in [-0.4, -0.2) is 83.7 Å². The number of halogens is 1. The van der Waals surface area contributed by atoms with Gasteiger partial charge in [-0.25, -0.2) is 14.4 Å². The van der Waals surface area contributed by atoms with Gasteiger partial charge in [0.25, 0.3) is 0 Å². The topological polar surface area (TPSA) is 71.0 Å². The lowest BCUT2D eigenvalue weighted by molar-refractivity contribution is -0.133. The molecule has 2 aromatic rings. The van der Waals surface area contributed by atoms with Gasteiger partial charge in [-0.2, -0.15) is 0 Å². The molecule has 1 aromatic carbocycles. The molecule has 0 spiro atoms. The van der Waals surface area contributed by atoms with Crippen LogP contribution in [0, 0.1) is 5.82 Å². The predicted octanol–water partition coefficient (Wildman–Crippen LogP) is 2.60. The minimum atomic E-state index is -0.443. The normalized spacial score (nSPS) is 23.0. The molecule has 34 heavy (non-hydrogen) atoms. The van der Waals surface area contributed by atoms with Crippen LogP contribution < -0.4 is 14.4 Å². The number of carbonyl (C=O) groups is 1. The summed E-state index contributed by atoms with van der Waals surface area (Å²) in [4.78, 5) is 27.6. The molecule has 3 aliphatic rings. The van der Waals surface area contributed by atoms with E-state index in [1.165, 1.54) is 18.0 Å². The highest BCUT2D eigenvalue weighted by molar-refractivity contribution is 5.80. The van der Waals surface area contributed by atoms with Crippen molar-refractivity contribution in [2.45, 2.75) is 32.4 Å². The number of piperazine rings is 1. The van der Waals surface area contributed by atoms with Crippen molar-refractivity contribution in [3.05, 3.63) is 48.0 Å². The number of benzene rings is 1. The lowest BCUT2D eigenvalue weighted by Gasteiger charge is -2.44. The van der Waals surface area contributed by atoms with Crippen LogP contribution in [0.5, 0.6) is 11.5 Å². The fraction of sp³-hybridized carbons (Fsp3) is 0.480. The summed E-state index contributed by atoms with van der Waals surface area (Å²) in [6.45, 7) is 8.44. The third kappa shape index (κ3) is 4.70. The van der Waals surface area contributed by atoms with Gasteiger partial charge in [0.2, 0.25) is 11.9 Å². The van der Waals surface area contributed by atoms with Gasteiger partial charge in [0, 0.05) is 38.3 Å². The number of ether oxygens (including phenoxy) is 2. The van der Waals surface area contributed by atoms with E-state index in [1.807, 2.05) is 17.0 Å². The Balaban J connectivity index is 1.18. The maximum Gasteiger partial charge on any atom is 0.237 e. The minimum absolute atomic E-state index is 0.141.